The number of hydrogen-bond acceptors (Lipinski definition) is 3. The number of carbonyl (C=O) groups is 1. The topological polar surface area (TPSA) is 79.2 Å². The number of nitrogens with one attached hydrogen (secondary N) is 3. The van der Waals surface area contributed by atoms with E-state index in [-0.39, 0.29) is 11.9 Å². The fourth-order valence-corrected chi connectivity index (χ4v) is 1.68. The highest BCUT2D eigenvalue weighted by molar-refractivity contribution is 5.90. The van der Waals surface area contributed by atoms with Crippen molar-refractivity contribution in [2.24, 2.45) is 5.84 Å². The number of anilines is 1. The lowest BCUT2D eigenvalue weighted by Gasteiger charge is -2.17. The van der Waals surface area contributed by atoms with Crippen LogP contribution in [0.15, 0.2) is 18.2 Å². The molecule has 2 amide bonds. The zero-order valence-electron chi connectivity index (χ0n) is 10.5. The van der Waals surface area contributed by atoms with Gasteiger partial charge in [-0.2, -0.15) is 0 Å². The fourth-order valence-electron chi connectivity index (χ4n) is 1.68. The van der Waals surface area contributed by atoms with E-state index in [2.05, 4.69) is 29.0 Å². The van der Waals surface area contributed by atoms with E-state index >= 15 is 0 Å². The maximum Gasteiger partial charge on any atom is 0.318 e. The van der Waals surface area contributed by atoms with Crippen molar-refractivity contribution in [3.63, 3.8) is 0 Å². The first-order valence-corrected chi connectivity index (χ1v) is 5.61. The predicted molar refractivity (Wildman–Crippen MR) is 69.9 cm³/mol. The van der Waals surface area contributed by atoms with E-state index in [1.54, 1.807) is 7.05 Å². The Kier molecular flexibility index (Phi) is 4.93. The Morgan fingerprint density at radius 2 is 2.18 bits per heavy atom. The van der Waals surface area contributed by atoms with Crippen LogP contribution < -0.4 is 21.9 Å². The summed E-state index contributed by atoms with van der Waals surface area (Å²) in [6.45, 7) is 4.74. The number of hydrazine groups is 1. The van der Waals surface area contributed by atoms with Crippen molar-refractivity contribution >= 4 is 11.7 Å². The van der Waals surface area contributed by atoms with Crippen LogP contribution in [0.4, 0.5) is 10.5 Å². The Balaban J connectivity index is 2.98. The minimum atomic E-state index is -0.219. The van der Waals surface area contributed by atoms with Gasteiger partial charge in [0.15, 0.2) is 0 Å². The largest absolute Gasteiger partial charge is 0.341 e. The van der Waals surface area contributed by atoms with Crippen molar-refractivity contribution in [1.29, 1.82) is 0 Å². The number of amides is 2. The van der Waals surface area contributed by atoms with Gasteiger partial charge in [-0.15, -0.1) is 0 Å². The second-order valence-electron chi connectivity index (χ2n) is 4.10. The van der Waals surface area contributed by atoms with E-state index in [0.29, 0.717) is 6.54 Å². The molecule has 0 heterocycles. The van der Waals surface area contributed by atoms with E-state index in [1.807, 2.05) is 19.1 Å². The van der Waals surface area contributed by atoms with Gasteiger partial charge in [-0.1, -0.05) is 24.6 Å². The first-order valence-electron chi connectivity index (χ1n) is 5.61. The Morgan fingerprint density at radius 3 is 2.76 bits per heavy atom. The molecule has 0 spiro atoms. The van der Waals surface area contributed by atoms with Gasteiger partial charge in [-0.05, 0) is 24.5 Å². The molecule has 1 atom stereocenters. The second-order valence-corrected chi connectivity index (χ2v) is 4.10. The molecule has 0 aliphatic carbocycles. The lowest BCUT2D eigenvalue weighted by Crippen LogP contribution is -2.28. The van der Waals surface area contributed by atoms with Gasteiger partial charge in [0.05, 0.1) is 0 Å². The van der Waals surface area contributed by atoms with Gasteiger partial charge >= 0.3 is 6.03 Å². The molecular weight excluding hydrogens is 216 g/mol. The Bertz CT molecular complexity index is 392. The Labute approximate surface area is 102 Å². The maximum atomic E-state index is 11.3. The molecule has 5 heteroatoms. The summed E-state index contributed by atoms with van der Waals surface area (Å²) in [6, 6.07) is 5.72. The quantitative estimate of drug-likeness (QED) is 0.470. The van der Waals surface area contributed by atoms with Crippen molar-refractivity contribution in [1.82, 2.24) is 10.7 Å². The second kappa shape index (κ2) is 6.22. The van der Waals surface area contributed by atoms with Gasteiger partial charge in [0.25, 0.3) is 0 Å². The highest BCUT2D eigenvalue weighted by Gasteiger charge is 2.12. The molecule has 0 aliphatic heterocycles. The molecular formula is C12H20N4O. The third-order valence-corrected chi connectivity index (χ3v) is 2.64. The number of benzene rings is 1. The molecule has 0 saturated heterocycles. The zero-order valence-corrected chi connectivity index (χ0v) is 10.5. The lowest BCUT2D eigenvalue weighted by molar-refractivity contribution is 0.254. The predicted octanol–water partition coefficient (Wildman–Crippen LogP) is 1.31. The molecule has 5 N–H and O–H groups in total. The molecule has 1 rings (SSSR count). The molecule has 1 aromatic carbocycles. The van der Waals surface area contributed by atoms with Crippen LogP contribution in [0.25, 0.3) is 0 Å². The molecule has 17 heavy (non-hydrogen) atoms. The number of rotatable bonds is 4. The molecule has 0 saturated carbocycles. The van der Waals surface area contributed by atoms with Crippen LogP contribution in [0.2, 0.25) is 0 Å². The molecule has 0 bridgehead atoms. The Morgan fingerprint density at radius 1 is 1.47 bits per heavy atom. The van der Waals surface area contributed by atoms with Gasteiger partial charge in [0.2, 0.25) is 0 Å². The van der Waals surface area contributed by atoms with Crippen LogP contribution in [0.5, 0.6) is 0 Å². The van der Waals surface area contributed by atoms with Gasteiger partial charge < -0.3 is 10.6 Å². The van der Waals surface area contributed by atoms with Crippen LogP contribution in [0.3, 0.4) is 0 Å². The molecule has 1 aromatic rings. The first-order chi connectivity index (χ1) is 8.08. The minimum absolute atomic E-state index is 0.219. The van der Waals surface area contributed by atoms with Crippen molar-refractivity contribution in [2.45, 2.75) is 19.8 Å². The summed E-state index contributed by atoms with van der Waals surface area (Å²) in [5.41, 5.74) is 5.70. The third-order valence-electron chi connectivity index (χ3n) is 2.64. The van der Waals surface area contributed by atoms with Crippen molar-refractivity contribution < 1.29 is 4.79 Å². The molecule has 0 fully saturated rings. The number of hydrogen-bond donors (Lipinski definition) is 4. The van der Waals surface area contributed by atoms with Crippen molar-refractivity contribution in [3.8, 4) is 0 Å². The molecule has 0 radical (unpaired) electrons. The first kappa shape index (κ1) is 13.5. The summed E-state index contributed by atoms with van der Waals surface area (Å²) in [6.07, 6.45) is 0. The smallest absolute Gasteiger partial charge is 0.318 e. The van der Waals surface area contributed by atoms with E-state index in [0.717, 1.165) is 16.8 Å². The minimum Gasteiger partial charge on any atom is -0.341 e. The van der Waals surface area contributed by atoms with Crippen LogP contribution in [0.1, 0.15) is 24.0 Å². The third kappa shape index (κ3) is 3.72. The van der Waals surface area contributed by atoms with Crippen LogP contribution >= 0.6 is 0 Å². The molecule has 94 valence electrons. The zero-order chi connectivity index (χ0) is 12.8. The van der Waals surface area contributed by atoms with E-state index in [4.69, 9.17) is 5.84 Å². The number of urea groups is 1. The van der Waals surface area contributed by atoms with Crippen molar-refractivity contribution in [3.05, 3.63) is 29.3 Å². The van der Waals surface area contributed by atoms with Crippen LogP contribution in [-0.2, 0) is 0 Å². The van der Waals surface area contributed by atoms with Crippen LogP contribution in [0, 0.1) is 6.92 Å². The molecule has 0 aliphatic rings. The number of carbonyl (C=O) groups excluding carboxylic acids is 1. The van der Waals surface area contributed by atoms with Gasteiger partial charge in [0, 0.05) is 19.3 Å². The average Bonchev–Trinajstić information content (AvgIpc) is 2.31. The summed E-state index contributed by atoms with van der Waals surface area (Å²) < 4.78 is 0. The van der Waals surface area contributed by atoms with Gasteiger partial charge in [-0.3, -0.25) is 11.3 Å². The summed E-state index contributed by atoms with van der Waals surface area (Å²) in [5, 5.41) is 5.34. The van der Waals surface area contributed by atoms with Gasteiger partial charge in [0.1, 0.15) is 0 Å². The molecule has 0 aromatic heterocycles. The SMILES string of the molecule is CNC(=O)Nc1ccc(C)cc1C(C)CNN. The molecule has 1 unspecified atom stereocenters. The normalized spacial score (nSPS) is 12.0. The Hall–Kier alpha value is -1.59. The summed E-state index contributed by atoms with van der Waals surface area (Å²) in [7, 11) is 1.59. The van der Waals surface area contributed by atoms with E-state index in [1.165, 1.54) is 0 Å². The summed E-state index contributed by atoms with van der Waals surface area (Å²) in [5.74, 6) is 5.56. The van der Waals surface area contributed by atoms with Crippen molar-refractivity contribution in [2.75, 3.05) is 18.9 Å². The maximum absolute atomic E-state index is 11.3. The number of nitrogens with two attached hydrogens (primary N) is 1. The highest BCUT2D eigenvalue weighted by Crippen LogP contribution is 2.25. The molecule has 5 nitrogen and oxygen atoms in total. The average molecular weight is 236 g/mol. The monoisotopic (exact) mass is 236 g/mol. The van der Waals surface area contributed by atoms with E-state index < -0.39 is 0 Å². The fraction of sp³-hybridized carbons (Fsp3) is 0.417. The standard InChI is InChI=1S/C12H20N4O/c1-8-4-5-11(16-12(17)14-3)10(6-8)9(2)7-15-13/h4-6,9,15H,7,13H2,1-3H3,(H2,14,16,17). The summed E-state index contributed by atoms with van der Waals surface area (Å²) in [4.78, 5) is 11.3. The summed E-state index contributed by atoms with van der Waals surface area (Å²) >= 11 is 0. The number of aryl methyl sites for hydroxylation is 1. The van der Waals surface area contributed by atoms with Gasteiger partial charge in [-0.25, -0.2) is 4.79 Å². The highest BCUT2D eigenvalue weighted by atomic mass is 16.2. The lowest BCUT2D eigenvalue weighted by atomic mass is 9.97. The van der Waals surface area contributed by atoms with Crippen LogP contribution in [-0.4, -0.2) is 19.6 Å². The van der Waals surface area contributed by atoms with E-state index in [9.17, 15) is 4.79 Å².